The Hall–Kier alpha value is -1.79. The number of rotatable bonds is 5. The first-order valence-electron chi connectivity index (χ1n) is 6.77. The Balaban J connectivity index is 0.00000220. The Morgan fingerprint density at radius 2 is 2.10 bits per heavy atom. The molecule has 0 radical (unpaired) electrons. The summed E-state index contributed by atoms with van der Waals surface area (Å²) >= 11 is 0. The van der Waals surface area contributed by atoms with Gasteiger partial charge in [-0.2, -0.15) is 0 Å². The minimum Gasteiger partial charge on any atom is -0.348 e. The molecule has 1 aromatic carbocycles. The maximum atomic E-state index is 11.9. The van der Waals surface area contributed by atoms with Crippen molar-refractivity contribution in [3.63, 3.8) is 0 Å². The van der Waals surface area contributed by atoms with Crippen molar-refractivity contribution in [3.05, 3.63) is 29.8 Å². The van der Waals surface area contributed by atoms with Gasteiger partial charge in [0.1, 0.15) is 0 Å². The second-order valence-electron chi connectivity index (χ2n) is 5.06. The number of hydrogen-bond acceptors (Lipinski definition) is 3. The fourth-order valence-electron chi connectivity index (χ4n) is 1.68. The van der Waals surface area contributed by atoms with Gasteiger partial charge in [-0.15, -0.1) is 12.4 Å². The van der Waals surface area contributed by atoms with Crippen LogP contribution >= 0.6 is 12.4 Å². The number of anilines is 1. The van der Waals surface area contributed by atoms with E-state index in [0.717, 1.165) is 12.8 Å². The van der Waals surface area contributed by atoms with Crippen LogP contribution in [-0.2, 0) is 0 Å². The monoisotopic (exact) mass is 312 g/mol. The molecule has 0 heterocycles. The predicted molar refractivity (Wildman–Crippen MR) is 84.8 cm³/mol. The molecule has 0 saturated heterocycles. The van der Waals surface area contributed by atoms with Gasteiger partial charge >= 0.3 is 6.03 Å². The highest BCUT2D eigenvalue weighted by molar-refractivity contribution is 5.97. The average Bonchev–Trinajstić information content (AvgIpc) is 3.22. The third-order valence-electron chi connectivity index (χ3n) is 3.03. The Labute approximate surface area is 130 Å². The van der Waals surface area contributed by atoms with Gasteiger partial charge < -0.3 is 21.7 Å². The molecular weight excluding hydrogens is 292 g/mol. The number of carbonyl (C=O) groups is 2. The Morgan fingerprint density at radius 3 is 2.71 bits per heavy atom. The van der Waals surface area contributed by atoms with Crippen LogP contribution in [0.3, 0.4) is 0 Å². The molecule has 7 heteroatoms. The zero-order chi connectivity index (χ0) is 14.5. The first kappa shape index (κ1) is 17.3. The maximum absolute atomic E-state index is 11.9. The van der Waals surface area contributed by atoms with Crippen LogP contribution in [0.5, 0.6) is 0 Å². The smallest absolute Gasteiger partial charge is 0.319 e. The SMILES string of the molecule is C[C@@H](CN)NC(=O)c1cccc(NC(=O)NC2CC2)c1.Cl. The summed E-state index contributed by atoms with van der Waals surface area (Å²) in [5.41, 5.74) is 6.56. The summed E-state index contributed by atoms with van der Waals surface area (Å²) in [4.78, 5) is 23.6. The molecule has 1 aliphatic carbocycles. The third kappa shape index (κ3) is 5.61. The fourth-order valence-corrected chi connectivity index (χ4v) is 1.68. The molecule has 3 amide bonds. The van der Waals surface area contributed by atoms with Crippen molar-refractivity contribution in [2.75, 3.05) is 11.9 Å². The second-order valence-corrected chi connectivity index (χ2v) is 5.06. The van der Waals surface area contributed by atoms with Gasteiger partial charge in [-0.1, -0.05) is 6.07 Å². The van der Waals surface area contributed by atoms with Crippen LogP contribution in [-0.4, -0.2) is 30.6 Å². The molecule has 1 aromatic rings. The van der Waals surface area contributed by atoms with E-state index in [0.29, 0.717) is 23.8 Å². The zero-order valence-corrected chi connectivity index (χ0v) is 12.7. The summed E-state index contributed by atoms with van der Waals surface area (Å²) in [6, 6.07) is 6.79. The van der Waals surface area contributed by atoms with E-state index in [1.54, 1.807) is 24.3 Å². The van der Waals surface area contributed by atoms with E-state index in [1.807, 2.05) is 6.92 Å². The third-order valence-corrected chi connectivity index (χ3v) is 3.03. The van der Waals surface area contributed by atoms with E-state index in [1.165, 1.54) is 0 Å². The number of hydrogen-bond donors (Lipinski definition) is 4. The topological polar surface area (TPSA) is 96.2 Å². The van der Waals surface area contributed by atoms with Gasteiger partial charge in [0.25, 0.3) is 5.91 Å². The maximum Gasteiger partial charge on any atom is 0.319 e. The van der Waals surface area contributed by atoms with E-state index in [9.17, 15) is 9.59 Å². The lowest BCUT2D eigenvalue weighted by Crippen LogP contribution is -2.37. The van der Waals surface area contributed by atoms with Crippen molar-refractivity contribution in [2.24, 2.45) is 5.73 Å². The van der Waals surface area contributed by atoms with E-state index >= 15 is 0 Å². The van der Waals surface area contributed by atoms with E-state index in [4.69, 9.17) is 5.73 Å². The van der Waals surface area contributed by atoms with E-state index < -0.39 is 0 Å². The molecule has 5 N–H and O–H groups in total. The van der Waals surface area contributed by atoms with Crippen molar-refractivity contribution in [2.45, 2.75) is 31.8 Å². The fraction of sp³-hybridized carbons (Fsp3) is 0.429. The summed E-state index contributed by atoms with van der Waals surface area (Å²) in [5.74, 6) is -0.200. The molecule has 1 aliphatic rings. The Kier molecular flexibility index (Phi) is 6.45. The van der Waals surface area contributed by atoms with Crippen LogP contribution in [0, 0.1) is 0 Å². The largest absolute Gasteiger partial charge is 0.348 e. The van der Waals surface area contributed by atoms with Crippen LogP contribution in [0.15, 0.2) is 24.3 Å². The lowest BCUT2D eigenvalue weighted by molar-refractivity contribution is 0.0941. The van der Waals surface area contributed by atoms with Gasteiger partial charge in [-0.25, -0.2) is 4.79 Å². The Bertz CT molecular complexity index is 506. The number of halogens is 1. The van der Waals surface area contributed by atoms with Crippen LogP contribution < -0.4 is 21.7 Å². The van der Waals surface area contributed by atoms with Gasteiger partial charge in [-0.3, -0.25) is 4.79 Å². The van der Waals surface area contributed by atoms with Crippen LogP contribution in [0.1, 0.15) is 30.1 Å². The molecule has 21 heavy (non-hydrogen) atoms. The van der Waals surface area contributed by atoms with Gasteiger partial charge in [-0.05, 0) is 38.0 Å². The predicted octanol–water partition coefficient (Wildman–Crippen LogP) is 1.47. The molecule has 1 atom stereocenters. The molecule has 1 saturated carbocycles. The lowest BCUT2D eigenvalue weighted by Gasteiger charge is -2.12. The number of nitrogens with one attached hydrogen (secondary N) is 3. The summed E-state index contributed by atoms with van der Waals surface area (Å²) < 4.78 is 0. The van der Waals surface area contributed by atoms with Crippen LogP contribution in [0.4, 0.5) is 10.5 Å². The summed E-state index contributed by atoms with van der Waals surface area (Å²) in [5, 5.41) is 8.32. The van der Waals surface area contributed by atoms with Crippen molar-refractivity contribution < 1.29 is 9.59 Å². The van der Waals surface area contributed by atoms with Crippen LogP contribution in [0.25, 0.3) is 0 Å². The van der Waals surface area contributed by atoms with Gasteiger partial charge in [0.2, 0.25) is 0 Å². The van der Waals surface area contributed by atoms with Crippen molar-refractivity contribution in [1.82, 2.24) is 10.6 Å². The molecule has 1 fully saturated rings. The van der Waals surface area contributed by atoms with Crippen molar-refractivity contribution in [1.29, 1.82) is 0 Å². The highest BCUT2D eigenvalue weighted by Gasteiger charge is 2.23. The van der Waals surface area contributed by atoms with Crippen molar-refractivity contribution in [3.8, 4) is 0 Å². The molecule has 0 aromatic heterocycles. The molecule has 0 unspecified atom stereocenters. The highest BCUT2D eigenvalue weighted by Crippen LogP contribution is 2.19. The van der Waals surface area contributed by atoms with Gasteiger partial charge in [0.05, 0.1) is 0 Å². The molecule has 116 valence electrons. The Morgan fingerprint density at radius 1 is 1.38 bits per heavy atom. The number of urea groups is 1. The standard InChI is InChI=1S/C14H20N4O2.ClH/c1-9(8-15)16-13(19)10-3-2-4-12(7-10)18-14(20)17-11-5-6-11;/h2-4,7,9,11H,5-6,8,15H2,1H3,(H,16,19)(H2,17,18,20);1H/t9-;/m0./s1. The lowest BCUT2D eigenvalue weighted by atomic mass is 10.1. The second kappa shape index (κ2) is 7.85. The molecule has 0 aliphatic heterocycles. The molecule has 2 rings (SSSR count). The minimum absolute atomic E-state index is 0. The number of carbonyl (C=O) groups excluding carboxylic acids is 2. The molecular formula is C14H21ClN4O2. The van der Waals surface area contributed by atoms with Crippen molar-refractivity contribution >= 4 is 30.0 Å². The zero-order valence-electron chi connectivity index (χ0n) is 11.9. The molecule has 0 spiro atoms. The summed E-state index contributed by atoms with van der Waals surface area (Å²) in [7, 11) is 0. The first-order chi connectivity index (χ1) is 9.58. The minimum atomic E-state index is -0.236. The normalized spacial score (nSPS) is 14.6. The van der Waals surface area contributed by atoms with Crippen LogP contribution in [0.2, 0.25) is 0 Å². The summed E-state index contributed by atoms with van der Waals surface area (Å²) in [6.45, 7) is 2.22. The number of benzene rings is 1. The van der Waals surface area contributed by atoms with E-state index in [-0.39, 0.29) is 30.4 Å². The average molecular weight is 313 g/mol. The van der Waals surface area contributed by atoms with Gasteiger partial charge in [0, 0.05) is 29.9 Å². The highest BCUT2D eigenvalue weighted by atomic mass is 35.5. The number of nitrogens with two attached hydrogens (primary N) is 1. The van der Waals surface area contributed by atoms with Gasteiger partial charge in [0.15, 0.2) is 0 Å². The first-order valence-corrected chi connectivity index (χ1v) is 6.77. The quantitative estimate of drug-likeness (QED) is 0.663. The number of amides is 3. The molecule has 6 nitrogen and oxygen atoms in total. The summed E-state index contributed by atoms with van der Waals surface area (Å²) in [6.07, 6.45) is 2.07. The molecule has 0 bridgehead atoms. The van der Waals surface area contributed by atoms with E-state index in [2.05, 4.69) is 16.0 Å².